The topological polar surface area (TPSA) is 110 Å². The molecule has 0 saturated heterocycles. The largest absolute Gasteiger partial charge is 0.490 e. The van der Waals surface area contributed by atoms with Gasteiger partial charge in [-0.15, -0.1) is 0 Å². The van der Waals surface area contributed by atoms with Crippen LogP contribution in [0.5, 0.6) is 5.75 Å². The first-order valence-electron chi connectivity index (χ1n) is 14.8. The number of hydrogen-bond acceptors (Lipinski definition) is 7. The Labute approximate surface area is 260 Å². The molecule has 1 heterocycles. The molecule has 9 heteroatoms. The van der Waals surface area contributed by atoms with Crippen LogP contribution in [-0.2, 0) is 29.0 Å². The van der Waals surface area contributed by atoms with Crippen molar-refractivity contribution >= 4 is 12.2 Å². The van der Waals surface area contributed by atoms with Crippen molar-refractivity contribution in [1.82, 2.24) is 15.2 Å². The molecule has 0 spiro atoms. The summed E-state index contributed by atoms with van der Waals surface area (Å²) in [4.78, 5) is 32.2. The highest BCUT2D eigenvalue weighted by molar-refractivity contribution is 5.69. The van der Waals surface area contributed by atoms with E-state index in [4.69, 9.17) is 14.2 Å². The van der Waals surface area contributed by atoms with E-state index in [0.29, 0.717) is 18.1 Å². The third kappa shape index (κ3) is 11.7. The molecule has 2 aromatic carbocycles. The Kier molecular flexibility index (Phi) is 12.8. The number of nitrogens with zero attached hydrogens (tertiary/aromatic N) is 2. The number of benzene rings is 2. The predicted molar refractivity (Wildman–Crippen MR) is 170 cm³/mol. The van der Waals surface area contributed by atoms with Crippen LogP contribution in [0.4, 0.5) is 9.59 Å². The lowest BCUT2D eigenvalue weighted by molar-refractivity contribution is 0.0326. The molecule has 2 N–H and O–H groups in total. The van der Waals surface area contributed by atoms with E-state index in [0.717, 1.165) is 16.7 Å². The van der Waals surface area contributed by atoms with Crippen molar-refractivity contribution in [2.75, 3.05) is 13.2 Å². The number of aliphatic hydroxyl groups is 1. The van der Waals surface area contributed by atoms with Gasteiger partial charge < -0.3 is 24.6 Å². The summed E-state index contributed by atoms with van der Waals surface area (Å²) in [5.41, 5.74) is 2.65. The minimum atomic E-state index is -1.18. The zero-order valence-corrected chi connectivity index (χ0v) is 26.4. The molecule has 1 aromatic heterocycles. The fourth-order valence-corrected chi connectivity index (χ4v) is 4.42. The molecular formula is C35H45N3O6. The first-order chi connectivity index (χ1) is 20.9. The Bertz CT molecular complexity index is 1360. The van der Waals surface area contributed by atoms with Gasteiger partial charge in [0.2, 0.25) is 0 Å². The molecule has 2 amide bonds. The lowest BCUT2D eigenvalue weighted by Gasteiger charge is -2.30. The van der Waals surface area contributed by atoms with E-state index in [1.54, 1.807) is 33.0 Å². The molecule has 236 valence electrons. The minimum Gasteiger partial charge on any atom is -0.490 e. The molecule has 44 heavy (non-hydrogen) atoms. The molecular weight excluding hydrogens is 558 g/mol. The number of carbonyl (C=O) groups is 2. The molecule has 0 aliphatic carbocycles. The molecule has 9 nitrogen and oxygen atoms in total. The number of rotatable bonds is 14. The zero-order valence-electron chi connectivity index (χ0n) is 26.4. The van der Waals surface area contributed by atoms with E-state index >= 15 is 0 Å². The third-order valence-corrected chi connectivity index (χ3v) is 6.62. The Morgan fingerprint density at radius 2 is 1.77 bits per heavy atom. The van der Waals surface area contributed by atoms with Crippen molar-refractivity contribution in [3.8, 4) is 5.75 Å². The summed E-state index contributed by atoms with van der Waals surface area (Å²) < 4.78 is 16.8. The molecule has 0 fully saturated rings. The number of aliphatic hydroxyl groups excluding tert-OH is 1. The van der Waals surface area contributed by atoms with Gasteiger partial charge in [0.15, 0.2) is 0 Å². The Morgan fingerprint density at radius 1 is 1.05 bits per heavy atom. The van der Waals surface area contributed by atoms with E-state index in [1.165, 1.54) is 4.90 Å². The number of pyridine rings is 1. The number of alkyl carbamates (subject to hydrolysis) is 1. The lowest BCUT2D eigenvalue weighted by Crippen LogP contribution is -2.51. The summed E-state index contributed by atoms with van der Waals surface area (Å²) in [6.45, 7) is 13.5. The standard InChI is InChI=1S/C35H45N3O6/c1-7-18-42-30-15-11-14-27(19-30)20-31(37-33(40)44-35(4,5)6)32(39)23-38(22-29-21-28(25(2)3)16-17-36-29)34(41)43-24-26-12-9-8-10-13-26/h7-17,19,21,25,31-32,39H,1,18,20,22-24H2,2-6H3,(H,37,40)/t31-,32-/m0/s1. The molecule has 0 radical (unpaired) electrons. The molecule has 0 bridgehead atoms. The van der Waals surface area contributed by atoms with Crippen LogP contribution in [0.25, 0.3) is 0 Å². The van der Waals surface area contributed by atoms with Gasteiger partial charge in [-0.1, -0.05) is 69.0 Å². The van der Waals surface area contributed by atoms with Crippen LogP contribution in [0, 0.1) is 0 Å². The van der Waals surface area contributed by atoms with Gasteiger partial charge in [-0.05, 0) is 74.1 Å². The molecule has 2 atom stereocenters. The maximum Gasteiger partial charge on any atom is 0.410 e. The van der Waals surface area contributed by atoms with Gasteiger partial charge in [0.05, 0.1) is 30.9 Å². The quantitative estimate of drug-likeness (QED) is 0.205. The van der Waals surface area contributed by atoms with E-state index in [-0.39, 0.29) is 32.0 Å². The summed E-state index contributed by atoms with van der Waals surface area (Å²) in [5.74, 6) is 0.907. The maximum atomic E-state index is 13.4. The van der Waals surface area contributed by atoms with Crippen LogP contribution in [0.2, 0.25) is 0 Å². The fraction of sp³-hybridized carbons (Fsp3) is 0.400. The first kappa shape index (κ1) is 34.1. The first-order valence-corrected chi connectivity index (χ1v) is 14.8. The average Bonchev–Trinajstić information content (AvgIpc) is 2.98. The third-order valence-electron chi connectivity index (χ3n) is 6.62. The number of hydrogen-bond donors (Lipinski definition) is 2. The van der Waals surface area contributed by atoms with Crippen molar-refractivity contribution in [2.24, 2.45) is 0 Å². The summed E-state index contributed by atoms with van der Waals surface area (Å²) >= 11 is 0. The van der Waals surface area contributed by atoms with Crippen molar-refractivity contribution in [1.29, 1.82) is 0 Å². The van der Waals surface area contributed by atoms with Crippen LogP contribution in [0.3, 0.4) is 0 Å². The van der Waals surface area contributed by atoms with Gasteiger partial charge in [-0.25, -0.2) is 9.59 Å². The number of nitrogens with one attached hydrogen (secondary N) is 1. The smallest absolute Gasteiger partial charge is 0.410 e. The van der Waals surface area contributed by atoms with Crippen LogP contribution in [0.1, 0.15) is 62.9 Å². The van der Waals surface area contributed by atoms with E-state index in [1.807, 2.05) is 66.7 Å². The second-order valence-corrected chi connectivity index (χ2v) is 11.9. The fourth-order valence-electron chi connectivity index (χ4n) is 4.42. The normalized spacial score (nSPS) is 12.6. The summed E-state index contributed by atoms with van der Waals surface area (Å²) in [6.07, 6.45) is 1.15. The number of aromatic nitrogens is 1. The maximum absolute atomic E-state index is 13.4. The highest BCUT2D eigenvalue weighted by atomic mass is 16.6. The van der Waals surface area contributed by atoms with Crippen LogP contribution >= 0.6 is 0 Å². The van der Waals surface area contributed by atoms with E-state index in [9.17, 15) is 14.7 Å². The Balaban J connectivity index is 1.86. The van der Waals surface area contributed by atoms with Gasteiger partial charge >= 0.3 is 12.2 Å². The number of carbonyl (C=O) groups excluding carboxylic acids is 2. The van der Waals surface area contributed by atoms with Gasteiger partial charge in [-0.3, -0.25) is 9.88 Å². The van der Waals surface area contributed by atoms with E-state index in [2.05, 4.69) is 30.7 Å². The lowest BCUT2D eigenvalue weighted by atomic mass is 10.0. The second-order valence-electron chi connectivity index (χ2n) is 11.9. The molecule has 0 saturated carbocycles. The SMILES string of the molecule is C=CCOc1cccc(C[C@H](NC(=O)OC(C)(C)C)[C@@H](O)CN(Cc2cc(C(C)C)ccn2)C(=O)OCc2ccccc2)c1. The molecule has 0 unspecified atom stereocenters. The molecule has 3 rings (SSSR count). The van der Waals surface area contributed by atoms with Crippen LogP contribution < -0.4 is 10.1 Å². The molecule has 0 aliphatic heterocycles. The second kappa shape index (κ2) is 16.5. The average molecular weight is 604 g/mol. The summed E-state index contributed by atoms with van der Waals surface area (Å²) in [7, 11) is 0. The zero-order chi connectivity index (χ0) is 32.1. The van der Waals surface area contributed by atoms with Gasteiger partial charge in [0, 0.05) is 6.20 Å². The van der Waals surface area contributed by atoms with Gasteiger partial charge in [0.1, 0.15) is 24.6 Å². The summed E-state index contributed by atoms with van der Waals surface area (Å²) in [6, 6.07) is 19.8. The number of ether oxygens (including phenoxy) is 3. The van der Waals surface area contributed by atoms with Crippen molar-refractivity contribution < 1.29 is 28.9 Å². The molecule has 0 aliphatic rings. The Morgan fingerprint density at radius 3 is 2.45 bits per heavy atom. The molecule has 3 aromatic rings. The van der Waals surface area contributed by atoms with Crippen LogP contribution in [0.15, 0.2) is 85.6 Å². The number of amides is 2. The van der Waals surface area contributed by atoms with Crippen molar-refractivity contribution in [3.05, 3.63) is 108 Å². The Hall–Kier alpha value is -4.37. The highest BCUT2D eigenvalue weighted by Crippen LogP contribution is 2.19. The summed E-state index contributed by atoms with van der Waals surface area (Å²) in [5, 5.41) is 14.4. The van der Waals surface area contributed by atoms with Gasteiger partial charge in [0.25, 0.3) is 0 Å². The van der Waals surface area contributed by atoms with Crippen molar-refractivity contribution in [2.45, 2.75) is 77.9 Å². The minimum absolute atomic E-state index is 0.0722. The van der Waals surface area contributed by atoms with Crippen molar-refractivity contribution in [3.63, 3.8) is 0 Å². The van der Waals surface area contributed by atoms with E-state index < -0.39 is 29.9 Å². The van der Waals surface area contributed by atoms with Crippen LogP contribution in [-0.4, -0.2) is 58.1 Å². The predicted octanol–water partition coefficient (Wildman–Crippen LogP) is 6.41. The highest BCUT2D eigenvalue weighted by Gasteiger charge is 2.29. The monoisotopic (exact) mass is 603 g/mol. The van der Waals surface area contributed by atoms with Gasteiger partial charge in [-0.2, -0.15) is 0 Å².